The van der Waals surface area contributed by atoms with E-state index in [2.05, 4.69) is 4.36 Å². The second kappa shape index (κ2) is 4.13. The fourth-order valence-corrected chi connectivity index (χ4v) is 0.578. The highest BCUT2D eigenvalue weighted by atomic mass is 32.2. The maximum absolute atomic E-state index is 10.4. The summed E-state index contributed by atoms with van der Waals surface area (Å²) in [5, 5.41) is 8.66. The summed E-state index contributed by atoms with van der Waals surface area (Å²) in [6.07, 6.45) is -1.13. The van der Waals surface area contributed by atoms with E-state index in [-0.39, 0.29) is 6.42 Å². The van der Waals surface area contributed by atoms with Gasteiger partial charge >= 0.3 is 10.5 Å². The minimum atomic E-state index is -2.75. The Kier molecular flexibility index (Phi) is 3.82. The highest BCUT2D eigenvalue weighted by Gasteiger charge is 2.10. The first kappa shape index (κ1) is 9.25. The molecule has 1 unspecified atom stereocenters. The fraction of sp³-hybridized carbons (Fsp3) is 0.750. The molecular weight excluding hydrogens is 158 g/mol. The van der Waals surface area contributed by atoms with Crippen LogP contribution in [0.3, 0.4) is 0 Å². The Morgan fingerprint density at radius 1 is 1.70 bits per heavy atom. The molecular formula is C4H7NO4S. The van der Waals surface area contributed by atoms with E-state index in [0.29, 0.717) is 0 Å². The Morgan fingerprint density at radius 2 is 2.20 bits per heavy atom. The number of amides is 1. The Balaban J connectivity index is 4.25. The molecule has 0 saturated carbocycles. The van der Waals surface area contributed by atoms with Crippen molar-refractivity contribution >= 4 is 16.4 Å². The summed E-state index contributed by atoms with van der Waals surface area (Å²) in [6, 6.07) is 0. The molecule has 10 heavy (non-hydrogen) atoms. The maximum Gasteiger partial charge on any atom is 0.319 e. The molecule has 1 amide bonds. The Hall–Kier alpha value is -0.750. The van der Waals surface area contributed by atoms with E-state index in [0.717, 1.165) is 0 Å². The third kappa shape index (κ3) is 3.31. The molecule has 0 fully saturated rings. The van der Waals surface area contributed by atoms with Crippen molar-refractivity contribution in [3.05, 3.63) is 0 Å². The minimum Gasteiger partial charge on any atom is -0.383 e. The van der Waals surface area contributed by atoms with E-state index in [1.165, 1.54) is 0 Å². The quantitative estimate of drug-likeness (QED) is 0.589. The van der Waals surface area contributed by atoms with Crippen LogP contribution in [0.4, 0.5) is 0 Å². The molecule has 0 bridgehead atoms. The smallest absolute Gasteiger partial charge is 0.319 e. The van der Waals surface area contributed by atoms with Gasteiger partial charge < -0.3 is 5.11 Å². The molecule has 5 nitrogen and oxygen atoms in total. The predicted octanol–water partition coefficient (Wildman–Crippen LogP) is -0.653. The largest absolute Gasteiger partial charge is 0.383 e. The van der Waals surface area contributed by atoms with Gasteiger partial charge in [0, 0.05) is 0 Å². The molecule has 0 spiro atoms. The average molecular weight is 165 g/mol. The summed E-state index contributed by atoms with van der Waals surface area (Å²) in [5.74, 6) is -1.02. The van der Waals surface area contributed by atoms with Gasteiger partial charge in [0.2, 0.25) is 0 Å². The van der Waals surface area contributed by atoms with Crippen LogP contribution in [0, 0.1) is 0 Å². The number of carbonyl (C=O) groups excluding carboxylic acids is 1. The predicted molar refractivity (Wildman–Crippen MR) is 32.7 cm³/mol. The van der Waals surface area contributed by atoms with Gasteiger partial charge in [-0.25, -0.2) is 0 Å². The summed E-state index contributed by atoms with van der Waals surface area (Å²) in [4.78, 5) is 10.4. The Morgan fingerprint density at radius 3 is 2.50 bits per heavy atom. The third-order valence-electron chi connectivity index (χ3n) is 0.836. The second-order valence-electron chi connectivity index (χ2n) is 1.57. The molecule has 0 aromatic carbocycles. The fourth-order valence-electron chi connectivity index (χ4n) is 0.309. The molecule has 0 aliphatic rings. The molecule has 1 N–H and O–H groups in total. The van der Waals surface area contributed by atoms with Crippen LogP contribution in [0.25, 0.3) is 0 Å². The van der Waals surface area contributed by atoms with Crippen molar-refractivity contribution in [1.82, 2.24) is 0 Å². The number of aliphatic hydroxyl groups is 1. The van der Waals surface area contributed by atoms with Crippen molar-refractivity contribution in [1.29, 1.82) is 0 Å². The zero-order chi connectivity index (χ0) is 8.15. The van der Waals surface area contributed by atoms with Crippen LogP contribution in [-0.2, 0) is 15.3 Å². The van der Waals surface area contributed by atoms with Gasteiger partial charge in [-0.15, -0.1) is 0 Å². The first-order valence-corrected chi connectivity index (χ1v) is 3.64. The lowest BCUT2D eigenvalue weighted by atomic mass is 10.3. The zero-order valence-corrected chi connectivity index (χ0v) is 6.13. The van der Waals surface area contributed by atoms with E-state index in [9.17, 15) is 13.2 Å². The van der Waals surface area contributed by atoms with Gasteiger partial charge in [-0.2, -0.15) is 8.42 Å². The molecule has 0 aromatic rings. The molecule has 0 aliphatic carbocycles. The Labute approximate surface area is 59.4 Å². The lowest BCUT2D eigenvalue weighted by Gasteiger charge is -1.96. The van der Waals surface area contributed by atoms with E-state index in [1.807, 2.05) is 0 Å². The standard InChI is InChI=1S/C4H7NO4S/c1-2-3(6)4(7)5-10(8)9/h3,6H,2H2,1H3. The van der Waals surface area contributed by atoms with Gasteiger partial charge in [0.1, 0.15) is 6.10 Å². The van der Waals surface area contributed by atoms with Crippen molar-refractivity contribution in [2.45, 2.75) is 19.4 Å². The van der Waals surface area contributed by atoms with Gasteiger partial charge in [0.25, 0.3) is 5.91 Å². The number of rotatable bonds is 2. The lowest BCUT2D eigenvalue weighted by Crippen LogP contribution is -2.16. The summed E-state index contributed by atoms with van der Waals surface area (Å²) in [6.45, 7) is 1.55. The van der Waals surface area contributed by atoms with Crippen molar-refractivity contribution in [3.63, 3.8) is 0 Å². The summed E-state index contributed by atoms with van der Waals surface area (Å²) in [5.41, 5.74) is 0. The van der Waals surface area contributed by atoms with Gasteiger partial charge in [0.05, 0.1) is 0 Å². The molecule has 0 aliphatic heterocycles. The molecule has 58 valence electrons. The minimum absolute atomic E-state index is 0.166. The second-order valence-corrected chi connectivity index (χ2v) is 2.19. The average Bonchev–Trinajstić information content (AvgIpc) is 1.85. The first-order valence-electron chi connectivity index (χ1n) is 2.61. The SMILES string of the molecule is CCC(O)C(=O)N=S(=O)=O. The van der Waals surface area contributed by atoms with Crippen LogP contribution >= 0.6 is 0 Å². The molecule has 0 rings (SSSR count). The van der Waals surface area contributed by atoms with E-state index < -0.39 is 22.5 Å². The molecule has 1 atom stereocenters. The van der Waals surface area contributed by atoms with Gasteiger partial charge in [-0.05, 0) is 6.42 Å². The highest BCUT2D eigenvalue weighted by Crippen LogP contribution is 1.91. The van der Waals surface area contributed by atoms with Crippen molar-refractivity contribution in [2.75, 3.05) is 0 Å². The summed E-state index contributed by atoms with van der Waals surface area (Å²) >= 11 is 0. The van der Waals surface area contributed by atoms with E-state index in [1.54, 1.807) is 6.92 Å². The number of nitrogens with zero attached hydrogens (tertiary/aromatic N) is 1. The van der Waals surface area contributed by atoms with Crippen molar-refractivity contribution in [2.24, 2.45) is 4.36 Å². The van der Waals surface area contributed by atoms with Gasteiger partial charge in [0.15, 0.2) is 0 Å². The Bertz CT molecular complexity index is 234. The van der Waals surface area contributed by atoms with Crippen molar-refractivity contribution in [3.8, 4) is 0 Å². The summed E-state index contributed by atoms with van der Waals surface area (Å²) < 4.78 is 22.0. The number of hydrogen-bond donors (Lipinski definition) is 1. The highest BCUT2D eigenvalue weighted by molar-refractivity contribution is 7.62. The number of carbonyl (C=O) groups is 1. The lowest BCUT2D eigenvalue weighted by molar-refractivity contribution is -0.125. The first-order chi connectivity index (χ1) is 4.57. The molecule has 0 saturated heterocycles. The van der Waals surface area contributed by atoms with Crippen LogP contribution in [0.15, 0.2) is 4.36 Å². The normalized spacial score (nSPS) is 12.2. The zero-order valence-electron chi connectivity index (χ0n) is 5.31. The molecule has 0 aromatic heterocycles. The maximum atomic E-state index is 10.4. The number of hydrogen-bond acceptors (Lipinski definition) is 4. The van der Waals surface area contributed by atoms with E-state index in [4.69, 9.17) is 5.11 Å². The van der Waals surface area contributed by atoms with Crippen LogP contribution in [0.2, 0.25) is 0 Å². The molecule has 0 radical (unpaired) electrons. The molecule has 6 heteroatoms. The van der Waals surface area contributed by atoms with Crippen LogP contribution in [0.1, 0.15) is 13.3 Å². The van der Waals surface area contributed by atoms with Gasteiger partial charge in [-0.3, -0.25) is 4.79 Å². The third-order valence-corrected chi connectivity index (χ3v) is 1.17. The topological polar surface area (TPSA) is 83.8 Å². The van der Waals surface area contributed by atoms with Gasteiger partial charge in [-0.1, -0.05) is 11.3 Å². The van der Waals surface area contributed by atoms with Crippen LogP contribution in [-0.4, -0.2) is 25.5 Å². The van der Waals surface area contributed by atoms with E-state index >= 15 is 0 Å². The monoisotopic (exact) mass is 165 g/mol. The number of aliphatic hydroxyl groups excluding tert-OH is 1. The molecule has 0 heterocycles. The summed E-state index contributed by atoms with van der Waals surface area (Å²) in [7, 11) is -2.75. The van der Waals surface area contributed by atoms with Crippen LogP contribution in [0.5, 0.6) is 0 Å². The van der Waals surface area contributed by atoms with Crippen LogP contribution < -0.4 is 0 Å². The van der Waals surface area contributed by atoms with Crippen molar-refractivity contribution < 1.29 is 18.3 Å².